The van der Waals surface area contributed by atoms with Crippen molar-refractivity contribution in [3.8, 4) is 0 Å². The zero-order valence-electron chi connectivity index (χ0n) is 23.1. The van der Waals surface area contributed by atoms with Gasteiger partial charge in [-0.25, -0.2) is 4.79 Å². The maximum absolute atomic E-state index is 12.7. The maximum atomic E-state index is 12.7. The highest BCUT2D eigenvalue weighted by Gasteiger charge is 2.83. The van der Waals surface area contributed by atoms with Crippen LogP contribution in [0.4, 0.5) is 0 Å². The highest BCUT2D eigenvalue weighted by Crippen LogP contribution is 2.85. The van der Waals surface area contributed by atoms with Gasteiger partial charge in [-0.3, -0.25) is 0 Å². The van der Waals surface area contributed by atoms with E-state index in [1.807, 2.05) is 0 Å². The van der Waals surface area contributed by atoms with Crippen LogP contribution in [0.5, 0.6) is 0 Å². The Hall–Kier alpha value is 25.0. The van der Waals surface area contributed by atoms with Gasteiger partial charge in [-0.1, -0.05) is 791 Å². The van der Waals surface area contributed by atoms with Crippen molar-refractivity contribution in [2.45, 2.75) is 22.3 Å². The summed E-state index contributed by atoms with van der Waals surface area (Å²) in [5, 5.41) is 10.4. The molecule has 0 aliphatic heterocycles. The fourth-order valence-electron chi connectivity index (χ4n) is 3.07. The summed E-state index contributed by atoms with van der Waals surface area (Å²) in [6.45, 7) is 0. The highest BCUT2D eigenvalue weighted by atomic mass is 127. The summed E-state index contributed by atoms with van der Waals surface area (Å²) in [6, 6.07) is 0. The van der Waals surface area contributed by atoms with E-state index in [1.54, 1.807) is 0 Å². The smallest absolute Gasteiger partial charge is 0.332 e. The van der Waals surface area contributed by atoms with Gasteiger partial charge in [-0.05, 0) is 0 Å². The fourth-order valence-corrected chi connectivity index (χ4v) is 60.2. The molecule has 0 atom stereocenters. The normalized spacial score (nSPS) is 17.1. The minimum Gasteiger partial charge on any atom is -0.480 e. The number of carboxylic acids is 1. The van der Waals surface area contributed by atoms with Crippen molar-refractivity contribution in [3.05, 3.63) is 0 Å². The van der Waals surface area contributed by atoms with Gasteiger partial charge in [-0.15, -0.1) is 0 Å². The summed E-state index contributed by atoms with van der Waals surface area (Å²) in [6.07, 6.45) is 0. The van der Waals surface area contributed by atoms with Crippen LogP contribution in [0, 0.1) is 0 Å². The van der Waals surface area contributed by atoms with E-state index in [4.69, 9.17) is 0 Å². The fraction of sp³-hybridized carbons (Fsp3) is 0.944. The van der Waals surface area contributed by atoms with E-state index in [0.29, 0.717) is 0 Å². The van der Waals surface area contributed by atoms with Crippen molar-refractivity contribution in [2.75, 3.05) is 0 Å². The predicted molar refractivity (Wildman–Crippen MR) is 545 cm³/mol. The molecule has 0 aliphatic carbocycles. The Morgan fingerprint density at radius 1 is 0.218 bits per heavy atom. The topological polar surface area (TPSA) is 37.3 Å². The van der Waals surface area contributed by atoms with E-state index in [0.717, 1.165) is 0 Å². The summed E-state index contributed by atoms with van der Waals surface area (Å²) >= 11 is 93.9. The van der Waals surface area contributed by atoms with Crippen LogP contribution in [0.2, 0.25) is 0 Å². The van der Waals surface area contributed by atoms with Gasteiger partial charge < -0.3 is 5.11 Å². The Labute approximate surface area is 800 Å². The van der Waals surface area contributed by atoms with Gasteiger partial charge in [0.1, 0.15) is 20.9 Å². The van der Waals surface area contributed by atoms with Crippen molar-refractivity contribution in [1.82, 2.24) is 0 Å². The summed E-state index contributed by atoms with van der Waals surface area (Å²) in [4.78, 5) is 12.7. The second-order valence-corrected chi connectivity index (χ2v) is 106. The maximum Gasteiger partial charge on any atom is 0.332 e. The zero-order chi connectivity index (χ0) is 46.1. The molecule has 0 aromatic rings. The first-order valence-electron chi connectivity index (χ1n) is 11.3. The van der Waals surface area contributed by atoms with E-state index in [2.05, 4.69) is 791 Å². The van der Waals surface area contributed by atoms with Crippen molar-refractivity contribution in [1.29, 1.82) is 0 Å². The molecule has 1 N–H and O–H groups in total. The average molecular weight is 4690 g/mol. The first kappa shape index (κ1) is 80.0. The van der Waals surface area contributed by atoms with Crippen LogP contribution in [0.1, 0.15) is 0 Å². The van der Waals surface area contributed by atoms with Crippen LogP contribution < -0.4 is 0 Å². The molecule has 0 bridgehead atoms. The lowest BCUT2D eigenvalue weighted by Crippen LogP contribution is -2.73. The van der Waals surface area contributed by atoms with Crippen LogP contribution in [0.3, 0.4) is 0 Å². The molecule has 0 rings (SSSR count). The van der Waals surface area contributed by atoms with Crippen molar-refractivity contribution in [3.63, 3.8) is 0 Å². The van der Waals surface area contributed by atoms with Crippen molar-refractivity contribution in [2.24, 2.45) is 0 Å². The Kier molecular flexibility index (Phi) is 41.4. The van der Waals surface area contributed by atoms with Crippen LogP contribution in [-0.2, 0) is 4.79 Å². The molecule has 0 heterocycles. The van der Waals surface area contributed by atoms with E-state index in [1.165, 1.54) is 0 Å². The number of rotatable bonds is 17. The first-order valence-corrected chi connectivity index (χ1v) is 49.0. The third-order valence-corrected chi connectivity index (χ3v) is 128. The van der Waals surface area contributed by atoms with Crippen LogP contribution in [-0.4, -0.2) is 33.4 Å². The lowest BCUT2D eigenvalue weighted by molar-refractivity contribution is -0.136. The van der Waals surface area contributed by atoms with Gasteiger partial charge in [0, 0.05) is 0 Å². The van der Waals surface area contributed by atoms with Gasteiger partial charge in [-0.2, -0.15) is 0 Å². The standard InChI is InChI=1S/C18HI35O2/c19-2(20,1(54)55)3(21,22)4(23,24)5(25,26)6(27,28)7(29,30)8(31,32)9(33,34)10(35,36)11(37,38)12(39,40)13(41,42)14(43,44)15(45,46)16(47,48)17(49,50)18(51,52)53/h(H,54,55). The molecule has 37 heteroatoms. The number of halogens is 35. The molecule has 0 unspecified atom stereocenters. The Balaban J connectivity index is 7.83. The minimum atomic E-state index is -1.05. The van der Waals surface area contributed by atoms with Crippen LogP contribution in [0.25, 0.3) is 0 Å². The molecule has 0 radical (unpaired) electrons. The third-order valence-electron chi connectivity index (χ3n) is 6.54. The molecule has 0 aliphatic rings. The highest BCUT2D eigenvalue weighted by molar-refractivity contribution is 14.3. The number of hydrogen-bond acceptors (Lipinski definition) is 1. The number of carboxylic acid groups (broad SMARTS) is 1. The molecule has 0 saturated heterocycles. The number of aliphatic carboxylic acids is 1. The molecule has 0 amide bonds. The van der Waals surface area contributed by atoms with Gasteiger partial charge in [0.15, 0.2) is 1.43 Å². The summed E-state index contributed by atoms with van der Waals surface area (Å²) < 4.78 is -6.11. The number of hydrogen-bond donors (Lipinski definition) is 1. The van der Waals surface area contributed by atoms with Crippen LogP contribution in [0.15, 0.2) is 0 Å². The van der Waals surface area contributed by atoms with Gasteiger partial charge in [0.2, 0.25) is 0 Å². The Morgan fingerprint density at radius 2 is 0.327 bits per heavy atom. The summed E-state index contributed by atoms with van der Waals surface area (Å²) in [7, 11) is 0. The second-order valence-electron chi connectivity index (χ2n) is 9.99. The second kappa shape index (κ2) is 28.5. The van der Waals surface area contributed by atoms with Gasteiger partial charge in [0.05, 0.1) is 0 Å². The van der Waals surface area contributed by atoms with Crippen LogP contribution >= 0.6 is 791 Å². The predicted octanol–water partition coefficient (Wildman–Crippen LogP) is 27.1. The number of carbonyl (C=O) groups is 1. The molecule has 0 aromatic carbocycles. The minimum absolute atomic E-state index is 0.0260. The summed E-state index contributed by atoms with van der Waals surface area (Å²) in [5.41, 5.74) is 0. The molecule has 0 aromatic heterocycles. The number of alkyl halides is 35. The van der Waals surface area contributed by atoms with Gasteiger partial charge in [0.25, 0.3) is 0 Å². The molecule has 0 saturated carbocycles. The molecule has 330 valence electrons. The molecular weight excluding hydrogens is 4690 g/mol. The molecule has 0 fully saturated rings. The monoisotopic (exact) mass is 4690 g/mol. The zero-order valence-corrected chi connectivity index (χ0v) is 98.6. The average Bonchev–Trinajstić information content (AvgIpc) is 2.94. The Morgan fingerprint density at radius 3 is 0.436 bits per heavy atom. The Bertz CT molecular complexity index is 1440. The summed E-state index contributed by atoms with van der Waals surface area (Å²) in [5.74, 6) is -0.817. The lowest BCUT2D eigenvalue weighted by atomic mass is 10.0. The lowest BCUT2D eigenvalue weighted by Gasteiger charge is -2.63. The molecule has 55 heavy (non-hydrogen) atoms. The van der Waals surface area contributed by atoms with E-state index < -0.39 is 13.1 Å². The van der Waals surface area contributed by atoms with Crippen molar-refractivity contribution < 1.29 is 9.90 Å². The quantitative estimate of drug-likeness (QED) is 0.116. The van der Waals surface area contributed by atoms with E-state index in [-0.39, 0.29) is 15.1 Å². The first-order chi connectivity index (χ1) is 22.9. The SMILES string of the molecule is O=C(O)C(I)(I)C(I)(I)C(I)(I)C(I)(I)C(I)(I)C(I)(I)C(I)(I)C(I)(I)C(I)(I)C(I)(I)C(I)(I)C(I)(I)C(I)(I)C(I)(I)C(I)(I)C(I)(I)C(I)(I)I. The van der Waals surface area contributed by atoms with E-state index >= 15 is 0 Å². The third kappa shape index (κ3) is 15.3. The molecule has 0 spiro atoms. The van der Waals surface area contributed by atoms with Crippen molar-refractivity contribution >= 4 is 797 Å². The largest absolute Gasteiger partial charge is 0.480 e. The van der Waals surface area contributed by atoms with Gasteiger partial charge >= 0.3 is 5.97 Å². The van der Waals surface area contributed by atoms with E-state index in [9.17, 15) is 9.90 Å². The molecular formula is C18HI35O2. The molecule has 2 nitrogen and oxygen atoms in total.